The molecule has 0 aliphatic heterocycles. The lowest BCUT2D eigenvalue weighted by molar-refractivity contribution is -0.0571. The van der Waals surface area contributed by atoms with Gasteiger partial charge in [0.2, 0.25) is 0 Å². The summed E-state index contributed by atoms with van der Waals surface area (Å²) in [6.07, 6.45) is 12.0. The maximum absolute atomic E-state index is 10.3. The molecule has 4 aliphatic rings. The van der Waals surface area contributed by atoms with Crippen molar-refractivity contribution in [3.05, 3.63) is 23.8 Å². The van der Waals surface area contributed by atoms with E-state index < -0.39 is 19.6 Å². The number of aliphatic hydroxyl groups excluding tert-OH is 1. The molecule has 0 spiro atoms. The highest BCUT2D eigenvalue weighted by Gasteiger charge is 2.59. The number of fused-ring (bicyclic) bond motifs is 5. The molecule has 4 rings (SSSR count). The van der Waals surface area contributed by atoms with Gasteiger partial charge in [-0.15, -0.1) is 0 Å². The van der Waals surface area contributed by atoms with Crippen molar-refractivity contribution >= 4 is 0 Å². The van der Waals surface area contributed by atoms with E-state index in [1.54, 1.807) is 0 Å². The third-order valence-corrected chi connectivity index (χ3v) is 10.1. The summed E-state index contributed by atoms with van der Waals surface area (Å²) < 4.78 is 55.0. The first-order valence-corrected chi connectivity index (χ1v) is 12.0. The molecule has 4 aliphatic carbocycles. The predicted molar refractivity (Wildman–Crippen MR) is 124 cm³/mol. The summed E-state index contributed by atoms with van der Waals surface area (Å²) in [5, 5.41) is 10.3. The van der Waals surface area contributed by atoms with Gasteiger partial charge < -0.3 is 5.11 Å². The number of hydrogen-bond acceptors (Lipinski definition) is 1. The average Bonchev–Trinajstić information content (AvgIpc) is 3.12. The SMILES string of the molecule is [2H]C([2H])([2H])C([2H])(C(=C)CC[C@@H](C)[C@H]1CC[C@H]2[C@@H]3CC=C4C[C@@H](O)CC[C@]4(C)[C@H]3CC[C@]12C)C([2H])([2H])[2H]. The van der Waals surface area contributed by atoms with Gasteiger partial charge in [-0.1, -0.05) is 58.3 Å². The van der Waals surface area contributed by atoms with Gasteiger partial charge in [-0.2, -0.15) is 0 Å². The zero-order chi connectivity index (χ0) is 26.9. The van der Waals surface area contributed by atoms with Crippen LogP contribution in [-0.2, 0) is 0 Å². The van der Waals surface area contributed by atoms with Crippen molar-refractivity contribution in [3.63, 3.8) is 0 Å². The average molecular weight is 406 g/mol. The van der Waals surface area contributed by atoms with Gasteiger partial charge in [0.1, 0.15) is 0 Å². The maximum atomic E-state index is 10.3. The van der Waals surface area contributed by atoms with E-state index in [2.05, 4.69) is 33.4 Å². The molecule has 3 saturated carbocycles. The maximum Gasteiger partial charge on any atom is 0.0577 e. The van der Waals surface area contributed by atoms with Crippen LogP contribution in [0.1, 0.15) is 108 Å². The van der Waals surface area contributed by atoms with Crippen LogP contribution in [0.5, 0.6) is 0 Å². The molecule has 0 radical (unpaired) electrons. The Hall–Kier alpha value is -0.560. The van der Waals surface area contributed by atoms with Gasteiger partial charge >= 0.3 is 0 Å². The van der Waals surface area contributed by atoms with Gasteiger partial charge in [0.15, 0.2) is 0 Å². The van der Waals surface area contributed by atoms with E-state index in [-0.39, 0.29) is 28.9 Å². The molecule has 0 saturated heterocycles. The molecule has 0 heterocycles. The largest absolute Gasteiger partial charge is 0.393 e. The van der Waals surface area contributed by atoms with Crippen LogP contribution in [-0.4, -0.2) is 11.2 Å². The van der Waals surface area contributed by atoms with E-state index in [9.17, 15) is 5.11 Å². The molecule has 164 valence electrons. The lowest BCUT2D eigenvalue weighted by atomic mass is 9.47. The Morgan fingerprint density at radius 1 is 1.24 bits per heavy atom. The molecular weight excluding hydrogens is 352 g/mol. The Bertz CT molecular complexity index is 875. The fraction of sp³-hybridized carbons (Fsp3) is 0.857. The minimum Gasteiger partial charge on any atom is -0.393 e. The second kappa shape index (κ2) is 7.85. The third-order valence-electron chi connectivity index (χ3n) is 10.1. The summed E-state index contributed by atoms with van der Waals surface area (Å²) in [5.74, 6) is 0.263. The van der Waals surface area contributed by atoms with Crippen LogP contribution in [0.3, 0.4) is 0 Å². The van der Waals surface area contributed by atoms with Crippen LogP contribution < -0.4 is 0 Å². The molecule has 0 unspecified atom stereocenters. The number of aliphatic hydroxyl groups is 1. The Balaban J connectivity index is 1.47. The van der Waals surface area contributed by atoms with Gasteiger partial charge in [0, 0.05) is 9.60 Å². The second-order valence-corrected chi connectivity index (χ2v) is 11.4. The molecule has 0 bridgehead atoms. The summed E-state index contributed by atoms with van der Waals surface area (Å²) >= 11 is 0. The zero-order valence-corrected chi connectivity index (χ0v) is 18.8. The molecule has 1 heteroatoms. The van der Waals surface area contributed by atoms with E-state index in [1.807, 2.05) is 0 Å². The molecule has 0 aromatic heterocycles. The highest BCUT2D eigenvalue weighted by Crippen LogP contribution is 2.67. The molecule has 1 nitrogen and oxygen atoms in total. The molecule has 29 heavy (non-hydrogen) atoms. The summed E-state index contributed by atoms with van der Waals surface area (Å²) in [5.41, 5.74) is 1.97. The van der Waals surface area contributed by atoms with Crippen molar-refractivity contribution in [3.8, 4) is 0 Å². The molecular formula is C28H46O. The van der Waals surface area contributed by atoms with Crippen LogP contribution in [0.2, 0.25) is 0 Å². The van der Waals surface area contributed by atoms with E-state index in [1.165, 1.54) is 24.8 Å². The monoisotopic (exact) mass is 405 g/mol. The summed E-state index contributed by atoms with van der Waals surface area (Å²) in [6.45, 7) is 5.10. The summed E-state index contributed by atoms with van der Waals surface area (Å²) in [7, 11) is 0. The molecule has 1 N–H and O–H groups in total. The van der Waals surface area contributed by atoms with Crippen LogP contribution in [0.25, 0.3) is 0 Å². The third kappa shape index (κ3) is 3.58. The van der Waals surface area contributed by atoms with Crippen LogP contribution in [0, 0.1) is 46.3 Å². The van der Waals surface area contributed by atoms with Crippen molar-refractivity contribution < 1.29 is 14.7 Å². The van der Waals surface area contributed by atoms with Crippen molar-refractivity contribution in [1.29, 1.82) is 0 Å². The topological polar surface area (TPSA) is 20.2 Å². The number of hydrogen-bond donors (Lipinski definition) is 1. The lowest BCUT2D eigenvalue weighted by Gasteiger charge is -2.58. The highest BCUT2D eigenvalue weighted by molar-refractivity contribution is 5.25. The first-order chi connectivity index (χ1) is 16.5. The first kappa shape index (κ1) is 14.5. The second-order valence-electron chi connectivity index (χ2n) is 11.4. The van der Waals surface area contributed by atoms with Gasteiger partial charge in [0.05, 0.1) is 6.10 Å². The van der Waals surface area contributed by atoms with Crippen LogP contribution in [0.15, 0.2) is 23.8 Å². The minimum atomic E-state index is -2.94. The van der Waals surface area contributed by atoms with E-state index in [0.29, 0.717) is 36.0 Å². The predicted octanol–water partition coefficient (Wildman–Crippen LogP) is 7.55. The quantitative estimate of drug-likeness (QED) is 0.468. The zero-order valence-electron chi connectivity index (χ0n) is 25.8. The van der Waals surface area contributed by atoms with Crippen molar-refractivity contribution in [1.82, 2.24) is 0 Å². The fourth-order valence-electron chi connectivity index (χ4n) is 8.35. The standard InChI is InChI=1S/C28H46O/c1-18(2)19(3)7-8-20(4)24-11-12-25-23-10-9-21-17-22(29)13-15-27(21,5)26(23)14-16-28(24,25)6/h9,18,20,22-26,29H,3,7-8,10-17H2,1-2,4-6H3/t20-,22+,23+,24-,25+,26+,27+,28-/m1/s1/i1D3,2D3,18D. The number of allylic oxidation sites excluding steroid dienone is 2. The van der Waals surface area contributed by atoms with Gasteiger partial charge in [-0.25, -0.2) is 0 Å². The van der Waals surface area contributed by atoms with Crippen molar-refractivity contribution in [2.45, 2.75) is 105 Å². The van der Waals surface area contributed by atoms with Crippen LogP contribution in [0.4, 0.5) is 0 Å². The molecule has 8 atom stereocenters. The van der Waals surface area contributed by atoms with E-state index >= 15 is 0 Å². The minimum absolute atomic E-state index is 0.00937. The fourth-order valence-corrected chi connectivity index (χ4v) is 8.35. The van der Waals surface area contributed by atoms with Gasteiger partial charge in [-0.3, -0.25) is 0 Å². The molecule has 0 aromatic carbocycles. The van der Waals surface area contributed by atoms with Crippen molar-refractivity contribution in [2.75, 3.05) is 0 Å². The Labute approximate surface area is 190 Å². The molecule has 0 aromatic rings. The van der Waals surface area contributed by atoms with E-state index in [4.69, 9.17) is 9.60 Å². The normalized spacial score (nSPS) is 50.0. The molecule has 3 fully saturated rings. The first-order valence-electron chi connectivity index (χ1n) is 15.5. The van der Waals surface area contributed by atoms with Gasteiger partial charge in [-0.05, 0) is 111 Å². The Morgan fingerprint density at radius 3 is 2.79 bits per heavy atom. The van der Waals surface area contributed by atoms with Crippen molar-refractivity contribution in [2.24, 2.45) is 46.3 Å². The summed E-state index contributed by atoms with van der Waals surface area (Å²) in [6, 6.07) is 0. The smallest absolute Gasteiger partial charge is 0.0577 e. The van der Waals surface area contributed by atoms with Gasteiger partial charge in [0.25, 0.3) is 0 Å². The lowest BCUT2D eigenvalue weighted by Crippen LogP contribution is -2.50. The summed E-state index contributed by atoms with van der Waals surface area (Å²) in [4.78, 5) is 0. The Kier molecular flexibility index (Phi) is 3.92. The Morgan fingerprint density at radius 2 is 2.03 bits per heavy atom. The van der Waals surface area contributed by atoms with E-state index in [0.717, 1.165) is 32.1 Å². The highest BCUT2D eigenvalue weighted by atomic mass is 16.3. The number of rotatable bonds is 5. The van der Waals surface area contributed by atoms with Crippen LogP contribution >= 0.6 is 0 Å². The molecule has 0 amide bonds.